The van der Waals surface area contributed by atoms with Crippen molar-refractivity contribution in [2.24, 2.45) is 0 Å². The van der Waals surface area contributed by atoms with Crippen LogP contribution in [0.4, 0.5) is 4.39 Å². The lowest BCUT2D eigenvalue weighted by Crippen LogP contribution is -2.30. The first kappa shape index (κ1) is 25.4. The molecule has 1 aliphatic rings. The fourth-order valence-corrected chi connectivity index (χ4v) is 6.68. The van der Waals surface area contributed by atoms with E-state index in [4.69, 9.17) is 17.2 Å². The largest absolute Gasteiger partial charge is 0.278 e. The molecule has 0 bridgehead atoms. The van der Waals surface area contributed by atoms with Crippen molar-refractivity contribution in [1.29, 1.82) is 0 Å². The summed E-state index contributed by atoms with van der Waals surface area (Å²) in [6.07, 6.45) is 0. The average Bonchev–Trinajstić information content (AvgIpc) is 3.38. The standard InChI is InChI=1S/C28H19FN4O3S3/c1-15-7-10-17(11-8-15)32-26(36)22-23(33(28(37)39-22)21-13-16(2)9-12-20(21)29)30-27(32)38-14-31-24(34)18-5-3-4-6-19(18)25(31)35/h3-13H,14H2,1-2H3. The van der Waals surface area contributed by atoms with E-state index in [0.717, 1.165) is 39.1 Å². The van der Waals surface area contributed by atoms with Gasteiger partial charge in [0.25, 0.3) is 17.4 Å². The van der Waals surface area contributed by atoms with Crippen LogP contribution in [0.3, 0.4) is 0 Å². The molecule has 39 heavy (non-hydrogen) atoms. The highest BCUT2D eigenvalue weighted by Crippen LogP contribution is 2.31. The Balaban J connectivity index is 1.52. The van der Waals surface area contributed by atoms with Gasteiger partial charge >= 0.3 is 0 Å². The van der Waals surface area contributed by atoms with Crippen LogP contribution in [0.5, 0.6) is 0 Å². The van der Waals surface area contributed by atoms with Crippen molar-refractivity contribution in [3.63, 3.8) is 0 Å². The zero-order valence-corrected chi connectivity index (χ0v) is 23.1. The van der Waals surface area contributed by atoms with E-state index in [-0.39, 0.29) is 36.6 Å². The molecule has 1 aliphatic heterocycles. The van der Waals surface area contributed by atoms with Gasteiger partial charge in [0.15, 0.2) is 14.8 Å². The van der Waals surface area contributed by atoms with E-state index >= 15 is 0 Å². The molecule has 0 saturated heterocycles. The molecule has 5 aromatic rings. The van der Waals surface area contributed by atoms with Crippen molar-refractivity contribution in [2.45, 2.75) is 19.0 Å². The lowest BCUT2D eigenvalue weighted by molar-refractivity contribution is 0.0684. The highest BCUT2D eigenvalue weighted by atomic mass is 32.2. The fraction of sp³-hybridized carbons (Fsp3) is 0.107. The first-order valence-electron chi connectivity index (χ1n) is 11.8. The maximum atomic E-state index is 14.9. The van der Waals surface area contributed by atoms with Crippen molar-refractivity contribution in [3.8, 4) is 11.4 Å². The summed E-state index contributed by atoms with van der Waals surface area (Å²) < 4.78 is 18.4. The van der Waals surface area contributed by atoms with E-state index in [9.17, 15) is 18.8 Å². The van der Waals surface area contributed by atoms with Crippen LogP contribution in [-0.2, 0) is 0 Å². The molecule has 0 aliphatic carbocycles. The van der Waals surface area contributed by atoms with Gasteiger partial charge in [0.2, 0.25) is 0 Å². The summed E-state index contributed by atoms with van der Waals surface area (Å²) in [6, 6.07) is 18.6. The lowest BCUT2D eigenvalue weighted by atomic mass is 10.1. The molecule has 2 amide bonds. The van der Waals surface area contributed by atoms with Crippen molar-refractivity contribution in [2.75, 3.05) is 5.88 Å². The fourth-order valence-electron chi connectivity index (χ4n) is 4.44. The minimum Gasteiger partial charge on any atom is -0.272 e. The van der Waals surface area contributed by atoms with Gasteiger partial charge in [-0.25, -0.2) is 9.37 Å². The summed E-state index contributed by atoms with van der Waals surface area (Å²) in [7, 11) is 0. The predicted molar refractivity (Wildman–Crippen MR) is 152 cm³/mol. The molecule has 7 nitrogen and oxygen atoms in total. The third kappa shape index (κ3) is 4.22. The number of halogens is 1. The summed E-state index contributed by atoms with van der Waals surface area (Å²) in [5.41, 5.74) is 3.11. The zero-order chi connectivity index (χ0) is 27.4. The summed E-state index contributed by atoms with van der Waals surface area (Å²) in [4.78, 5) is 45.7. The summed E-state index contributed by atoms with van der Waals surface area (Å²) in [5, 5.41) is 0.238. The Labute approximate surface area is 235 Å². The predicted octanol–water partition coefficient (Wildman–Crippen LogP) is 6.07. The number of thiazole rings is 1. The van der Waals surface area contributed by atoms with Crippen molar-refractivity contribution >= 4 is 57.5 Å². The minimum absolute atomic E-state index is 0.0696. The Morgan fingerprint density at radius 2 is 1.54 bits per heavy atom. The number of imide groups is 1. The van der Waals surface area contributed by atoms with Gasteiger partial charge in [-0.2, -0.15) is 0 Å². The molecule has 2 aromatic heterocycles. The number of thioether (sulfide) groups is 1. The molecule has 11 heteroatoms. The summed E-state index contributed by atoms with van der Waals surface area (Å²) in [6.45, 7) is 3.77. The smallest absolute Gasteiger partial charge is 0.272 e. The Bertz CT molecular complexity index is 1910. The maximum absolute atomic E-state index is 14.9. The first-order chi connectivity index (χ1) is 18.7. The molecular weight excluding hydrogens is 556 g/mol. The highest BCUT2D eigenvalue weighted by molar-refractivity contribution is 7.99. The third-order valence-corrected chi connectivity index (χ3v) is 8.68. The number of carbonyl (C=O) groups is 2. The van der Waals surface area contributed by atoms with Gasteiger partial charge < -0.3 is 0 Å². The van der Waals surface area contributed by atoms with E-state index in [1.807, 2.05) is 26.0 Å². The van der Waals surface area contributed by atoms with Crippen LogP contribution in [0.15, 0.2) is 76.7 Å². The van der Waals surface area contributed by atoms with E-state index in [2.05, 4.69) is 0 Å². The van der Waals surface area contributed by atoms with E-state index in [0.29, 0.717) is 16.8 Å². The van der Waals surface area contributed by atoms with Gasteiger partial charge in [0, 0.05) is 0 Å². The number of benzene rings is 3. The summed E-state index contributed by atoms with van der Waals surface area (Å²) >= 11 is 7.69. The lowest BCUT2D eigenvalue weighted by Gasteiger charge is -2.16. The van der Waals surface area contributed by atoms with Crippen LogP contribution in [-0.4, -0.2) is 36.7 Å². The first-order valence-corrected chi connectivity index (χ1v) is 14.1. The molecular formula is C28H19FN4O3S3. The Morgan fingerprint density at radius 1 is 0.897 bits per heavy atom. The number of carbonyl (C=O) groups excluding carboxylic acids is 2. The van der Waals surface area contributed by atoms with E-state index in [1.54, 1.807) is 48.5 Å². The van der Waals surface area contributed by atoms with Gasteiger partial charge in [-0.3, -0.25) is 28.4 Å². The van der Waals surface area contributed by atoms with Crippen LogP contribution in [0.25, 0.3) is 21.7 Å². The minimum atomic E-state index is -0.499. The number of aryl methyl sites for hydroxylation is 2. The van der Waals surface area contributed by atoms with Crippen LogP contribution in [0, 0.1) is 23.6 Å². The SMILES string of the molecule is Cc1ccc(-n2c(SCN3C(=O)c4ccccc4C3=O)nc3c(sc(=S)n3-c3cc(C)ccc3F)c2=O)cc1. The molecule has 6 rings (SSSR count). The number of aromatic nitrogens is 3. The van der Waals surface area contributed by atoms with Crippen LogP contribution in [0.1, 0.15) is 31.8 Å². The molecule has 0 spiro atoms. The molecule has 0 saturated carbocycles. The monoisotopic (exact) mass is 574 g/mol. The van der Waals surface area contributed by atoms with Gasteiger partial charge in [-0.15, -0.1) is 0 Å². The number of amides is 2. The molecule has 0 radical (unpaired) electrons. The molecule has 0 N–H and O–H groups in total. The maximum Gasteiger partial charge on any atom is 0.278 e. The molecule has 3 aromatic carbocycles. The molecule has 0 atom stereocenters. The molecule has 3 heterocycles. The normalized spacial score (nSPS) is 12.9. The number of fused-ring (bicyclic) bond motifs is 2. The second-order valence-corrected chi connectivity index (χ2v) is 11.6. The Kier molecular flexibility index (Phi) is 6.29. The van der Waals surface area contributed by atoms with Crippen molar-refractivity contribution < 1.29 is 14.0 Å². The third-order valence-electron chi connectivity index (χ3n) is 6.41. The number of rotatable bonds is 5. The van der Waals surface area contributed by atoms with Gasteiger partial charge in [-0.05, 0) is 68.0 Å². The molecule has 0 fully saturated rings. The van der Waals surface area contributed by atoms with E-state index < -0.39 is 17.6 Å². The molecule has 194 valence electrons. The summed E-state index contributed by atoms with van der Waals surface area (Å²) in [5.74, 6) is -1.39. The second-order valence-electron chi connectivity index (χ2n) is 9.04. The quantitative estimate of drug-likeness (QED) is 0.110. The van der Waals surface area contributed by atoms with Crippen molar-refractivity contribution in [3.05, 3.63) is 109 Å². The Hall–Kier alpha value is -3.93. The van der Waals surface area contributed by atoms with Gasteiger partial charge in [-0.1, -0.05) is 59.0 Å². The van der Waals surface area contributed by atoms with Gasteiger partial charge in [0.05, 0.1) is 28.4 Å². The number of hydrogen-bond donors (Lipinski definition) is 0. The number of hydrogen-bond acceptors (Lipinski definition) is 7. The Morgan fingerprint density at radius 3 is 2.21 bits per heavy atom. The topological polar surface area (TPSA) is 77.2 Å². The van der Waals surface area contributed by atoms with Crippen molar-refractivity contribution in [1.82, 2.24) is 19.0 Å². The average molecular weight is 575 g/mol. The zero-order valence-electron chi connectivity index (χ0n) is 20.7. The molecule has 0 unspecified atom stereocenters. The van der Waals surface area contributed by atoms with Crippen LogP contribution in [0.2, 0.25) is 0 Å². The van der Waals surface area contributed by atoms with Gasteiger partial charge in [0.1, 0.15) is 10.5 Å². The van der Waals surface area contributed by atoms with Crippen LogP contribution >= 0.6 is 35.3 Å². The number of nitrogens with zero attached hydrogens (tertiary/aromatic N) is 4. The highest BCUT2D eigenvalue weighted by Gasteiger charge is 2.35. The van der Waals surface area contributed by atoms with Crippen LogP contribution < -0.4 is 5.56 Å². The van der Waals surface area contributed by atoms with E-state index in [1.165, 1.54) is 15.2 Å². The second kappa shape index (κ2) is 9.67.